The number of nitrogens with two attached hydrogens (primary N) is 1. The van der Waals surface area contributed by atoms with Crippen LogP contribution < -0.4 is 15.2 Å². The van der Waals surface area contributed by atoms with Crippen LogP contribution in [0.1, 0.15) is 29.5 Å². The van der Waals surface area contributed by atoms with Crippen molar-refractivity contribution in [3.63, 3.8) is 0 Å². The summed E-state index contributed by atoms with van der Waals surface area (Å²) in [5, 5.41) is 0. The van der Waals surface area contributed by atoms with E-state index in [1.165, 1.54) is 5.56 Å². The van der Waals surface area contributed by atoms with E-state index >= 15 is 0 Å². The molecular formula is C13H21NO2. The lowest BCUT2D eigenvalue weighted by Crippen LogP contribution is -2.12. The summed E-state index contributed by atoms with van der Waals surface area (Å²) in [6, 6.07) is 2.04. The van der Waals surface area contributed by atoms with E-state index in [9.17, 15) is 0 Å². The van der Waals surface area contributed by atoms with E-state index in [1.54, 1.807) is 14.2 Å². The Morgan fingerprint density at radius 2 is 1.88 bits per heavy atom. The van der Waals surface area contributed by atoms with Crippen molar-refractivity contribution in [1.82, 2.24) is 0 Å². The first-order chi connectivity index (χ1) is 7.56. The molecule has 1 atom stereocenters. The average molecular weight is 223 g/mol. The molecule has 3 heteroatoms. The third-order valence-electron chi connectivity index (χ3n) is 3.00. The highest BCUT2D eigenvalue weighted by Gasteiger charge is 2.18. The molecule has 0 aliphatic heterocycles. The van der Waals surface area contributed by atoms with Crippen molar-refractivity contribution in [2.24, 2.45) is 5.73 Å². The minimum Gasteiger partial charge on any atom is -0.496 e. The fourth-order valence-corrected chi connectivity index (χ4v) is 2.08. The van der Waals surface area contributed by atoms with Crippen molar-refractivity contribution < 1.29 is 9.47 Å². The molecule has 1 aromatic rings. The maximum Gasteiger partial charge on any atom is 0.129 e. The van der Waals surface area contributed by atoms with Gasteiger partial charge in [-0.05, 0) is 37.9 Å². The minimum absolute atomic E-state index is 0.291. The molecule has 0 saturated heterocycles. The fourth-order valence-electron chi connectivity index (χ4n) is 2.08. The third-order valence-corrected chi connectivity index (χ3v) is 3.00. The molecule has 1 aromatic carbocycles. The number of aryl methyl sites for hydroxylation is 1. The molecule has 0 aliphatic rings. The van der Waals surface area contributed by atoms with E-state index in [4.69, 9.17) is 15.2 Å². The van der Waals surface area contributed by atoms with E-state index < -0.39 is 0 Å². The molecule has 0 saturated carbocycles. The monoisotopic (exact) mass is 223 g/mol. The van der Waals surface area contributed by atoms with Crippen molar-refractivity contribution in [3.05, 3.63) is 22.8 Å². The molecule has 2 N–H and O–H groups in total. The van der Waals surface area contributed by atoms with Gasteiger partial charge in [-0.2, -0.15) is 0 Å². The van der Waals surface area contributed by atoms with Crippen molar-refractivity contribution >= 4 is 0 Å². The third kappa shape index (κ3) is 2.14. The number of methoxy groups -OCH3 is 2. The average Bonchev–Trinajstić information content (AvgIpc) is 2.29. The Balaban J connectivity index is 3.42. The summed E-state index contributed by atoms with van der Waals surface area (Å²) in [5.74, 6) is 2.05. The van der Waals surface area contributed by atoms with Crippen molar-refractivity contribution in [2.45, 2.75) is 26.7 Å². The van der Waals surface area contributed by atoms with Gasteiger partial charge >= 0.3 is 0 Å². The Morgan fingerprint density at radius 1 is 1.25 bits per heavy atom. The molecule has 0 amide bonds. The van der Waals surface area contributed by atoms with E-state index in [1.807, 2.05) is 13.0 Å². The number of rotatable bonds is 4. The summed E-state index contributed by atoms with van der Waals surface area (Å²) >= 11 is 0. The Kier molecular flexibility index (Phi) is 4.19. The zero-order valence-corrected chi connectivity index (χ0v) is 10.8. The van der Waals surface area contributed by atoms with Crippen molar-refractivity contribution in [2.75, 3.05) is 20.8 Å². The predicted octanol–water partition coefficient (Wildman–Crippen LogP) is 2.38. The summed E-state index contributed by atoms with van der Waals surface area (Å²) in [7, 11) is 3.36. The summed E-state index contributed by atoms with van der Waals surface area (Å²) in [4.78, 5) is 0. The standard InChI is InChI=1S/C13H21NO2/c1-8-6-11(15-4)10(3)13(16-5)12(8)9(2)7-14/h6,9H,7,14H2,1-5H3. The molecule has 0 radical (unpaired) electrons. The second-order valence-corrected chi connectivity index (χ2v) is 4.10. The molecular weight excluding hydrogens is 202 g/mol. The van der Waals surface area contributed by atoms with Crippen LogP contribution in [0.3, 0.4) is 0 Å². The first-order valence-electron chi connectivity index (χ1n) is 5.48. The van der Waals surface area contributed by atoms with Crippen molar-refractivity contribution in [3.8, 4) is 11.5 Å². The first kappa shape index (κ1) is 12.8. The van der Waals surface area contributed by atoms with E-state index in [2.05, 4.69) is 13.8 Å². The van der Waals surface area contributed by atoms with Crippen LogP contribution in [0.2, 0.25) is 0 Å². The second-order valence-electron chi connectivity index (χ2n) is 4.10. The minimum atomic E-state index is 0.291. The molecule has 0 bridgehead atoms. The van der Waals surface area contributed by atoms with Crippen LogP contribution in [-0.4, -0.2) is 20.8 Å². The highest BCUT2D eigenvalue weighted by Crippen LogP contribution is 2.37. The summed E-state index contributed by atoms with van der Waals surface area (Å²) in [5.41, 5.74) is 9.11. The van der Waals surface area contributed by atoms with E-state index in [0.29, 0.717) is 12.5 Å². The Morgan fingerprint density at radius 3 is 2.31 bits per heavy atom. The van der Waals surface area contributed by atoms with E-state index in [0.717, 1.165) is 22.6 Å². The van der Waals surface area contributed by atoms with Gasteiger partial charge in [0, 0.05) is 11.1 Å². The Bertz CT molecular complexity index is 375. The zero-order chi connectivity index (χ0) is 12.3. The van der Waals surface area contributed by atoms with Crippen LogP contribution in [-0.2, 0) is 0 Å². The molecule has 1 unspecified atom stereocenters. The lowest BCUT2D eigenvalue weighted by molar-refractivity contribution is 0.383. The predicted molar refractivity (Wildman–Crippen MR) is 66.5 cm³/mol. The van der Waals surface area contributed by atoms with Gasteiger partial charge in [-0.15, -0.1) is 0 Å². The molecule has 0 aliphatic carbocycles. The van der Waals surface area contributed by atoms with Gasteiger partial charge in [-0.1, -0.05) is 6.92 Å². The largest absolute Gasteiger partial charge is 0.496 e. The number of ether oxygens (including phenoxy) is 2. The number of hydrogen-bond donors (Lipinski definition) is 1. The maximum absolute atomic E-state index is 5.73. The molecule has 0 aromatic heterocycles. The van der Waals surface area contributed by atoms with Crippen LogP contribution in [0, 0.1) is 13.8 Å². The normalized spacial score (nSPS) is 12.4. The lowest BCUT2D eigenvalue weighted by Gasteiger charge is -2.20. The van der Waals surface area contributed by atoms with Crippen molar-refractivity contribution in [1.29, 1.82) is 0 Å². The Labute approximate surface area is 97.6 Å². The Hall–Kier alpha value is -1.22. The van der Waals surface area contributed by atoms with Gasteiger partial charge in [0.2, 0.25) is 0 Å². The SMILES string of the molecule is COc1cc(C)c(C(C)CN)c(OC)c1C. The quantitative estimate of drug-likeness (QED) is 0.852. The summed E-state index contributed by atoms with van der Waals surface area (Å²) in [6.45, 7) is 6.79. The maximum atomic E-state index is 5.73. The molecule has 3 nitrogen and oxygen atoms in total. The molecule has 0 heterocycles. The number of benzene rings is 1. The van der Waals surface area contributed by atoms with Crippen LogP contribution in [0.4, 0.5) is 0 Å². The number of hydrogen-bond acceptors (Lipinski definition) is 3. The summed E-state index contributed by atoms with van der Waals surface area (Å²) in [6.07, 6.45) is 0. The van der Waals surface area contributed by atoms with Crippen LogP contribution in [0.25, 0.3) is 0 Å². The summed E-state index contributed by atoms with van der Waals surface area (Å²) < 4.78 is 10.8. The van der Waals surface area contributed by atoms with Crippen LogP contribution in [0.5, 0.6) is 11.5 Å². The highest BCUT2D eigenvalue weighted by molar-refractivity contribution is 5.54. The first-order valence-corrected chi connectivity index (χ1v) is 5.48. The van der Waals surface area contributed by atoms with E-state index in [-0.39, 0.29) is 0 Å². The molecule has 1 rings (SSSR count). The van der Waals surface area contributed by atoms with Gasteiger partial charge < -0.3 is 15.2 Å². The molecule has 0 fully saturated rings. The van der Waals surface area contributed by atoms with Gasteiger partial charge in [0.1, 0.15) is 11.5 Å². The van der Waals surface area contributed by atoms with Gasteiger partial charge in [0.15, 0.2) is 0 Å². The lowest BCUT2D eigenvalue weighted by atomic mass is 9.92. The molecule has 16 heavy (non-hydrogen) atoms. The van der Waals surface area contributed by atoms with Gasteiger partial charge in [-0.25, -0.2) is 0 Å². The van der Waals surface area contributed by atoms with Gasteiger partial charge in [0.25, 0.3) is 0 Å². The van der Waals surface area contributed by atoms with Gasteiger partial charge in [0.05, 0.1) is 14.2 Å². The van der Waals surface area contributed by atoms with Crippen LogP contribution in [0.15, 0.2) is 6.07 Å². The smallest absolute Gasteiger partial charge is 0.129 e. The van der Waals surface area contributed by atoms with Crippen LogP contribution >= 0.6 is 0 Å². The fraction of sp³-hybridized carbons (Fsp3) is 0.538. The van der Waals surface area contributed by atoms with Gasteiger partial charge in [-0.3, -0.25) is 0 Å². The second kappa shape index (κ2) is 5.21. The molecule has 90 valence electrons. The zero-order valence-electron chi connectivity index (χ0n) is 10.8. The highest BCUT2D eigenvalue weighted by atomic mass is 16.5. The molecule has 0 spiro atoms. The topological polar surface area (TPSA) is 44.5 Å².